The van der Waals surface area contributed by atoms with E-state index in [2.05, 4.69) is 0 Å². The van der Waals surface area contributed by atoms with E-state index >= 15 is 0 Å². The first-order chi connectivity index (χ1) is 11.2. The number of sulfonamides is 1. The van der Waals surface area contributed by atoms with Gasteiger partial charge < -0.3 is 0 Å². The van der Waals surface area contributed by atoms with Crippen LogP contribution in [0.4, 0.5) is 0 Å². The number of hydrogen-bond donors (Lipinski definition) is 0. The first kappa shape index (κ1) is 18.0. The van der Waals surface area contributed by atoms with Crippen LogP contribution < -0.4 is 0 Å². The number of nitrogens with zero attached hydrogens (tertiary/aromatic N) is 1. The van der Waals surface area contributed by atoms with Crippen LogP contribution in [0.15, 0.2) is 53.4 Å². The molecule has 0 bridgehead atoms. The Morgan fingerprint density at radius 2 is 1.25 bits per heavy atom. The Morgan fingerprint density at radius 3 is 1.67 bits per heavy atom. The summed E-state index contributed by atoms with van der Waals surface area (Å²) in [4.78, 5) is 22.7. The van der Waals surface area contributed by atoms with Crippen molar-refractivity contribution < 1.29 is 18.0 Å². The summed E-state index contributed by atoms with van der Waals surface area (Å²) in [7, 11) is -2.16. The maximum Gasteiger partial charge on any atom is 0.243 e. The summed E-state index contributed by atoms with van der Waals surface area (Å²) in [6, 6.07) is 12.7. The Kier molecular flexibility index (Phi) is 5.31. The van der Waals surface area contributed by atoms with Crippen molar-refractivity contribution in [1.82, 2.24) is 4.31 Å². The van der Waals surface area contributed by atoms with Gasteiger partial charge in [-0.25, -0.2) is 8.42 Å². The highest BCUT2D eigenvalue weighted by Gasteiger charge is 2.21. The molecule has 0 atom stereocenters. The highest BCUT2D eigenvalue weighted by atomic mass is 32.2. The van der Waals surface area contributed by atoms with E-state index in [1.54, 1.807) is 24.3 Å². The number of Topliss-reactive ketones (excluding diaryl/α,β-unsaturated/α-hetero) is 2. The van der Waals surface area contributed by atoms with Gasteiger partial charge in [0.2, 0.25) is 10.0 Å². The highest BCUT2D eigenvalue weighted by Crippen LogP contribution is 2.18. The van der Waals surface area contributed by atoms with Gasteiger partial charge >= 0.3 is 0 Å². The third kappa shape index (κ3) is 3.96. The molecule has 0 aliphatic heterocycles. The minimum atomic E-state index is -3.65. The lowest BCUT2D eigenvalue weighted by atomic mass is 10.1. The molecule has 2 aromatic rings. The van der Waals surface area contributed by atoms with Crippen molar-refractivity contribution in [2.24, 2.45) is 0 Å². The molecule has 6 heteroatoms. The minimum Gasteiger partial charge on any atom is -0.295 e. The lowest BCUT2D eigenvalue weighted by Crippen LogP contribution is -2.26. The van der Waals surface area contributed by atoms with Gasteiger partial charge in [0, 0.05) is 24.7 Å². The molecular weight excluding hydrogens is 326 g/mol. The predicted molar refractivity (Wildman–Crippen MR) is 91.5 cm³/mol. The van der Waals surface area contributed by atoms with Crippen LogP contribution >= 0.6 is 0 Å². The topological polar surface area (TPSA) is 71.5 Å². The van der Waals surface area contributed by atoms with E-state index in [1.165, 1.54) is 49.5 Å². The fourth-order valence-corrected chi connectivity index (χ4v) is 3.39. The Labute approximate surface area is 142 Å². The van der Waals surface area contributed by atoms with Crippen molar-refractivity contribution in [2.75, 3.05) is 7.05 Å². The number of benzene rings is 2. The quantitative estimate of drug-likeness (QED) is 0.755. The van der Waals surface area contributed by atoms with Crippen molar-refractivity contribution in [3.05, 3.63) is 65.2 Å². The van der Waals surface area contributed by atoms with Crippen molar-refractivity contribution in [3.63, 3.8) is 0 Å². The van der Waals surface area contributed by atoms with Crippen molar-refractivity contribution in [2.45, 2.75) is 25.3 Å². The Hall–Kier alpha value is -2.31. The predicted octanol–water partition coefficient (Wildman–Crippen LogP) is 2.91. The molecule has 0 aliphatic carbocycles. The second kappa shape index (κ2) is 7.07. The van der Waals surface area contributed by atoms with Gasteiger partial charge in [-0.2, -0.15) is 4.31 Å². The molecule has 0 radical (unpaired) electrons. The number of rotatable bonds is 6. The fourth-order valence-electron chi connectivity index (χ4n) is 2.23. The molecule has 0 saturated heterocycles. The van der Waals surface area contributed by atoms with Crippen LogP contribution in [-0.2, 0) is 16.6 Å². The van der Waals surface area contributed by atoms with Gasteiger partial charge in [-0.05, 0) is 31.5 Å². The summed E-state index contributed by atoms with van der Waals surface area (Å²) in [6.07, 6.45) is 0. The van der Waals surface area contributed by atoms with E-state index in [1.807, 2.05) is 0 Å². The molecule has 0 N–H and O–H groups in total. The SMILES string of the molecule is CC(=O)c1ccc(CN(C)S(=O)(=O)c2ccc(C(C)=O)cc2)cc1. The summed E-state index contributed by atoms with van der Waals surface area (Å²) < 4.78 is 26.4. The zero-order chi connectivity index (χ0) is 17.9. The minimum absolute atomic E-state index is 0.0342. The fraction of sp³-hybridized carbons (Fsp3) is 0.222. The molecule has 24 heavy (non-hydrogen) atoms. The smallest absolute Gasteiger partial charge is 0.243 e. The van der Waals surface area contributed by atoms with E-state index in [0.29, 0.717) is 11.1 Å². The van der Waals surface area contributed by atoms with Gasteiger partial charge in [-0.15, -0.1) is 0 Å². The summed E-state index contributed by atoms with van der Waals surface area (Å²) in [5.74, 6) is -0.147. The normalized spacial score (nSPS) is 11.5. The lowest BCUT2D eigenvalue weighted by molar-refractivity contribution is 0.100. The van der Waals surface area contributed by atoms with Gasteiger partial charge in [0.1, 0.15) is 0 Å². The van der Waals surface area contributed by atoms with E-state index < -0.39 is 10.0 Å². The third-order valence-electron chi connectivity index (χ3n) is 3.73. The van der Waals surface area contributed by atoms with Crippen LogP contribution in [-0.4, -0.2) is 31.3 Å². The molecular formula is C18H19NO4S. The maximum absolute atomic E-state index is 12.6. The van der Waals surface area contributed by atoms with E-state index in [0.717, 1.165) is 5.56 Å². The highest BCUT2D eigenvalue weighted by molar-refractivity contribution is 7.89. The van der Waals surface area contributed by atoms with E-state index in [4.69, 9.17) is 0 Å². The lowest BCUT2D eigenvalue weighted by Gasteiger charge is -2.17. The third-order valence-corrected chi connectivity index (χ3v) is 5.55. The summed E-state index contributed by atoms with van der Waals surface area (Å²) in [5.41, 5.74) is 1.84. The first-order valence-electron chi connectivity index (χ1n) is 7.39. The van der Waals surface area contributed by atoms with E-state index in [-0.39, 0.29) is 23.0 Å². The van der Waals surface area contributed by atoms with Crippen molar-refractivity contribution >= 4 is 21.6 Å². The van der Waals surface area contributed by atoms with Crippen molar-refractivity contribution in [3.8, 4) is 0 Å². The standard InChI is InChI=1S/C18H19NO4S/c1-13(20)16-6-4-15(5-7-16)12-19(3)24(22,23)18-10-8-17(9-11-18)14(2)21/h4-11H,12H2,1-3H3. The second-order valence-electron chi connectivity index (χ2n) is 5.59. The number of hydrogen-bond acceptors (Lipinski definition) is 4. The summed E-state index contributed by atoms with van der Waals surface area (Å²) >= 11 is 0. The zero-order valence-electron chi connectivity index (χ0n) is 13.8. The van der Waals surface area contributed by atoms with Crippen LogP contribution in [0, 0.1) is 0 Å². The first-order valence-corrected chi connectivity index (χ1v) is 8.83. The average Bonchev–Trinajstić information content (AvgIpc) is 2.55. The molecule has 0 saturated carbocycles. The molecule has 2 rings (SSSR count). The molecule has 0 aliphatic rings. The largest absolute Gasteiger partial charge is 0.295 e. The molecule has 0 unspecified atom stereocenters. The van der Waals surface area contributed by atoms with Crippen LogP contribution in [0.1, 0.15) is 40.1 Å². The monoisotopic (exact) mass is 345 g/mol. The number of carbonyl (C=O) groups is 2. The van der Waals surface area contributed by atoms with E-state index in [9.17, 15) is 18.0 Å². The van der Waals surface area contributed by atoms with Crippen LogP contribution in [0.5, 0.6) is 0 Å². The molecule has 0 spiro atoms. The van der Waals surface area contributed by atoms with Gasteiger partial charge in [0.25, 0.3) is 0 Å². The molecule has 0 aromatic heterocycles. The molecule has 0 heterocycles. The summed E-state index contributed by atoms with van der Waals surface area (Å²) in [5, 5.41) is 0. The van der Waals surface area contributed by atoms with Crippen LogP contribution in [0.25, 0.3) is 0 Å². The average molecular weight is 345 g/mol. The molecule has 0 fully saturated rings. The van der Waals surface area contributed by atoms with Crippen LogP contribution in [0.2, 0.25) is 0 Å². The van der Waals surface area contributed by atoms with Gasteiger partial charge in [-0.1, -0.05) is 36.4 Å². The van der Waals surface area contributed by atoms with Gasteiger partial charge in [0.15, 0.2) is 11.6 Å². The number of carbonyl (C=O) groups excluding carboxylic acids is 2. The molecule has 5 nitrogen and oxygen atoms in total. The van der Waals surface area contributed by atoms with Gasteiger partial charge in [0.05, 0.1) is 4.90 Å². The van der Waals surface area contributed by atoms with Gasteiger partial charge in [-0.3, -0.25) is 9.59 Å². The second-order valence-corrected chi connectivity index (χ2v) is 7.64. The number of ketones is 2. The molecule has 0 amide bonds. The van der Waals surface area contributed by atoms with Crippen molar-refractivity contribution in [1.29, 1.82) is 0 Å². The Balaban J connectivity index is 2.19. The maximum atomic E-state index is 12.6. The molecule has 2 aromatic carbocycles. The Bertz CT molecular complexity index is 853. The molecule has 126 valence electrons. The Morgan fingerprint density at radius 1 is 0.833 bits per heavy atom. The zero-order valence-corrected chi connectivity index (χ0v) is 14.6. The summed E-state index contributed by atoms with van der Waals surface area (Å²) in [6.45, 7) is 3.10. The van der Waals surface area contributed by atoms with Crippen LogP contribution in [0.3, 0.4) is 0 Å².